The maximum absolute atomic E-state index is 13.4. The van der Waals surface area contributed by atoms with Crippen LogP contribution in [0.2, 0.25) is 0 Å². The Morgan fingerprint density at radius 1 is 1.38 bits per heavy atom. The molecule has 3 rings (SSSR count). The predicted molar refractivity (Wildman–Crippen MR) is 77.8 cm³/mol. The normalized spacial score (nSPS) is 25.4. The zero-order valence-electron chi connectivity index (χ0n) is 12.5. The van der Waals surface area contributed by atoms with Crippen LogP contribution in [-0.2, 0) is 4.74 Å². The molecule has 1 saturated heterocycles. The number of aliphatic hydroxyl groups is 1. The highest BCUT2D eigenvalue weighted by Crippen LogP contribution is 2.43. The Hall–Kier alpha value is -1.13. The minimum atomic E-state index is -0.675. The van der Waals surface area contributed by atoms with Gasteiger partial charge in [0.1, 0.15) is 18.2 Å². The lowest BCUT2D eigenvalue weighted by atomic mass is 9.98. The summed E-state index contributed by atoms with van der Waals surface area (Å²) in [5.74, 6) is 0.0648. The average Bonchev–Trinajstić information content (AvgIpc) is 3.07. The van der Waals surface area contributed by atoms with E-state index in [1.165, 1.54) is 25.0 Å². The first-order valence-electron chi connectivity index (χ1n) is 7.86. The van der Waals surface area contributed by atoms with Crippen molar-refractivity contribution < 1.29 is 19.0 Å². The summed E-state index contributed by atoms with van der Waals surface area (Å²) >= 11 is 0. The fraction of sp³-hybridized carbons (Fsp3) is 0.647. The van der Waals surface area contributed by atoms with Crippen molar-refractivity contribution in [2.24, 2.45) is 0 Å². The molecule has 1 aliphatic carbocycles. The number of halogens is 1. The van der Waals surface area contributed by atoms with E-state index in [4.69, 9.17) is 9.47 Å². The Morgan fingerprint density at radius 2 is 2.14 bits per heavy atom. The van der Waals surface area contributed by atoms with Crippen molar-refractivity contribution in [2.45, 2.75) is 63.3 Å². The molecule has 0 radical (unpaired) electrons. The smallest absolute Gasteiger partial charge is 0.128 e. The fourth-order valence-corrected chi connectivity index (χ4v) is 3.56. The highest BCUT2D eigenvalue weighted by atomic mass is 19.1. The van der Waals surface area contributed by atoms with Crippen LogP contribution in [0.25, 0.3) is 0 Å². The van der Waals surface area contributed by atoms with E-state index >= 15 is 0 Å². The van der Waals surface area contributed by atoms with Gasteiger partial charge in [-0.1, -0.05) is 12.8 Å². The lowest BCUT2D eigenvalue weighted by molar-refractivity contribution is -0.0511. The van der Waals surface area contributed by atoms with Gasteiger partial charge in [0.05, 0.1) is 17.8 Å². The molecule has 4 heteroatoms. The van der Waals surface area contributed by atoms with Crippen molar-refractivity contribution in [3.63, 3.8) is 0 Å². The van der Waals surface area contributed by atoms with E-state index in [0.29, 0.717) is 17.9 Å². The van der Waals surface area contributed by atoms with Crippen LogP contribution in [0.3, 0.4) is 0 Å². The molecule has 2 aliphatic rings. The SMILES string of the molecule is CC(O)c1ccc(F)cc1OCC1CCC2(CCCC2)O1. The summed E-state index contributed by atoms with van der Waals surface area (Å²) in [6.45, 7) is 2.07. The molecule has 21 heavy (non-hydrogen) atoms. The van der Waals surface area contributed by atoms with Crippen LogP contribution in [0.1, 0.15) is 57.1 Å². The van der Waals surface area contributed by atoms with E-state index in [2.05, 4.69) is 0 Å². The van der Waals surface area contributed by atoms with Crippen molar-refractivity contribution in [3.8, 4) is 5.75 Å². The lowest BCUT2D eigenvalue weighted by Crippen LogP contribution is -2.27. The summed E-state index contributed by atoms with van der Waals surface area (Å²) in [7, 11) is 0. The summed E-state index contributed by atoms with van der Waals surface area (Å²) in [5.41, 5.74) is 0.702. The molecule has 116 valence electrons. The van der Waals surface area contributed by atoms with E-state index in [0.717, 1.165) is 25.7 Å². The van der Waals surface area contributed by atoms with Crippen LogP contribution in [0, 0.1) is 5.82 Å². The molecule has 2 atom stereocenters. The maximum Gasteiger partial charge on any atom is 0.128 e. The standard InChI is InChI=1S/C17H23FO3/c1-12(19)15-5-4-13(18)10-16(15)20-11-14-6-9-17(21-14)7-2-3-8-17/h4-5,10,12,14,19H,2-3,6-9,11H2,1H3. The molecule has 2 unspecified atom stereocenters. The molecule has 1 N–H and O–H groups in total. The Balaban J connectivity index is 1.62. The van der Waals surface area contributed by atoms with E-state index < -0.39 is 6.10 Å². The van der Waals surface area contributed by atoms with Gasteiger partial charge in [-0.2, -0.15) is 0 Å². The molecule has 1 aromatic carbocycles. The summed E-state index contributed by atoms with van der Waals surface area (Å²) in [6, 6.07) is 4.25. The van der Waals surface area contributed by atoms with Crippen molar-refractivity contribution >= 4 is 0 Å². The highest BCUT2D eigenvalue weighted by molar-refractivity contribution is 5.35. The number of aliphatic hydroxyl groups excluding tert-OH is 1. The van der Waals surface area contributed by atoms with E-state index in [-0.39, 0.29) is 17.5 Å². The molecule has 1 heterocycles. The van der Waals surface area contributed by atoms with Gasteiger partial charge >= 0.3 is 0 Å². The van der Waals surface area contributed by atoms with Crippen molar-refractivity contribution in [2.75, 3.05) is 6.61 Å². The van der Waals surface area contributed by atoms with E-state index in [1.54, 1.807) is 13.0 Å². The molecule has 0 aromatic heterocycles. The van der Waals surface area contributed by atoms with Gasteiger partial charge in [0.25, 0.3) is 0 Å². The lowest BCUT2D eigenvalue weighted by Gasteiger charge is -2.24. The van der Waals surface area contributed by atoms with Gasteiger partial charge < -0.3 is 14.6 Å². The quantitative estimate of drug-likeness (QED) is 0.919. The van der Waals surface area contributed by atoms with Gasteiger partial charge in [0, 0.05) is 11.6 Å². The monoisotopic (exact) mass is 294 g/mol. The zero-order chi connectivity index (χ0) is 14.9. The summed E-state index contributed by atoms with van der Waals surface area (Å²) in [4.78, 5) is 0. The largest absolute Gasteiger partial charge is 0.490 e. The number of hydrogen-bond acceptors (Lipinski definition) is 3. The fourth-order valence-electron chi connectivity index (χ4n) is 3.56. The summed E-state index contributed by atoms with van der Waals surface area (Å²) in [6.07, 6.45) is 6.32. The zero-order valence-corrected chi connectivity index (χ0v) is 12.5. The maximum atomic E-state index is 13.4. The summed E-state index contributed by atoms with van der Waals surface area (Å²) in [5, 5.41) is 9.72. The van der Waals surface area contributed by atoms with Crippen LogP contribution in [-0.4, -0.2) is 23.4 Å². The average molecular weight is 294 g/mol. The first kappa shape index (κ1) is 14.8. The molecule has 1 aromatic rings. The van der Waals surface area contributed by atoms with Gasteiger partial charge in [-0.25, -0.2) is 4.39 Å². The third kappa shape index (κ3) is 3.22. The number of rotatable bonds is 4. The van der Waals surface area contributed by atoms with Crippen LogP contribution in [0.4, 0.5) is 4.39 Å². The summed E-state index contributed by atoms with van der Waals surface area (Å²) < 4.78 is 25.3. The first-order chi connectivity index (χ1) is 10.1. The third-order valence-electron chi connectivity index (χ3n) is 4.70. The van der Waals surface area contributed by atoms with Crippen LogP contribution >= 0.6 is 0 Å². The van der Waals surface area contributed by atoms with Gasteiger partial charge in [-0.15, -0.1) is 0 Å². The Bertz CT molecular complexity index is 495. The number of benzene rings is 1. The van der Waals surface area contributed by atoms with E-state index in [9.17, 15) is 9.50 Å². The van der Waals surface area contributed by atoms with Gasteiger partial charge in [-0.05, 0) is 44.7 Å². The Labute approximate surface area is 125 Å². The Morgan fingerprint density at radius 3 is 2.86 bits per heavy atom. The van der Waals surface area contributed by atoms with Crippen LogP contribution in [0.15, 0.2) is 18.2 Å². The second-order valence-corrected chi connectivity index (χ2v) is 6.34. The van der Waals surface area contributed by atoms with Crippen molar-refractivity contribution in [1.82, 2.24) is 0 Å². The molecular formula is C17H23FO3. The highest BCUT2D eigenvalue weighted by Gasteiger charge is 2.42. The second-order valence-electron chi connectivity index (χ2n) is 6.34. The van der Waals surface area contributed by atoms with Gasteiger partial charge in [-0.3, -0.25) is 0 Å². The second kappa shape index (κ2) is 5.93. The van der Waals surface area contributed by atoms with Crippen molar-refractivity contribution in [3.05, 3.63) is 29.6 Å². The predicted octanol–water partition coefficient (Wildman–Crippen LogP) is 3.75. The van der Waals surface area contributed by atoms with Crippen molar-refractivity contribution in [1.29, 1.82) is 0 Å². The topological polar surface area (TPSA) is 38.7 Å². The molecule has 0 amide bonds. The van der Waals surface area contributed by atoms with E-state index in [1.807, 2.05) is 0 Å². The molecular weight excluding hydrogens is 271 g/mol. The Kier molecular flexibility index (Phi) is 4.18. The number of hydrogen-bond donors (Lipinski definition) is 1. The van der Waals surface area contributed by atoms with Crippen LogP contribution < -0.4 is 4.74 Å². The third-order valence-corrected chi connectivity index (χ3v) is 4.70. The molecule has 2 fully saturated rings. The molecule has 1 aliphatic heterocycles. The van der Waals surface area contributed by atoms with Crippen LogP contribution in [0.5, 0.6) is 5.75 Å². The van der Waals surface area contributed by atoms with Gasteiger partial charge in [0.15, 0.2) is 0 Å². The minimum absolute atomic E-state index is 0.0771. The molecule has 3 nitrogen and oxygen atoms in total. The number of ether oxygens (including phenoxy) is 2. The van der Waals surface area contributed by atoms with Gasteiger partial charge in [0.2, 0.25) is 0 Å². The molecule has 1 spiro atoms. The first-order valence-corrected chi connectivity index (χ1v) is 7.86. The molecule has 1 saturated carbocycles. The molecule has 0 bridgehead atoms. The minimum Gasteiger partial charge on any atom is -0.490 e.